The summed E-state index contributed by atoms with van der Waals surface area (Å²) in [6.45, 7) is 2.56. The molecule has 1 fully saturated rings. The quantitative estimate of drug-likeness (QED) is 0.591. The third-order valence-electron chi connectivity index (χ3n) is 2.36. The summed E-state index contributed by atoms with van der Waals surface area (Å²) in [6.07, 6.45) is 2.91. The van der Waals surface area contributed by atoms with Crippen LogP contribution in [0.15, 0.2) is 12.4 Å². The lowest BCUT2D eigenvalue weighted by molar-refractivity contribution is 0.0938. The van der Waals surface area contributed by atoms with Gasteiger partial charge < -0.3 is 16.4 Å². The van der Waals surface area contributed by atoms with E-state index in [2.05, 4.69) is 20.6 Å². The van der Waals surface area contributed by atoms with Crippen molar-refractivity contribution < 1.29 is 4.79 Å². The van der Waals surface area contributed by atoms with Gasteiger partial charge in [-0.25, -0.2) is 9.97 Å². The number of hydrogen-bond acceptors (Lipinski definition) is 5. The van der Waals surface area contributed by atoms with E-state index in [1.807, 2.05) is 0 Å². The van der Waals surface area contributed by atoms with Gasteiger partial charge in [-0.15, -0.1) is 0 Å². The summed E-state index contributed by atoms with van der Waals surface area (Å²) in [7, 11) is 0. The second-order valence-electron chi connectivity index (χ2n) is 3.52. The topological polar surface area (TPSA) is 92.9 Å². The first-order valence-electron chi connectivity index (χ1n) is 4.83. The minimum absolute atomic E-state index is 0.168. The van der Waals surface area contributed by atoms with E-state index in [0.29, 0.717) is 12.5 Å². The van der Waals surface area contributed by atoms with E-state index in [1.54, 1.807) is 0 Å². The van der Waals surface area contributed by atoms with Gasteiger partial charge in [-0.05, 0) is 0 Å². The van der Waals surface area contributed by atoms with E-state index < -0.39 is 0 Å². The molecule has 0 unspecified atom stereocenters. The Morgan fingerprint density at radius 3 is 2.87 bits per heavy atom. The Bertz CT molecular complexity index is 363. The molecule has 1 aromatic heterocycles. The number of hydrogen-bond donors (Lipinski definition) is 3. The highest BCUT2D eigenvalue weighted by Gasteiger charge is 2.18. The zero-order chi connectivity index (χ0) is 10.7. The van der Waals surface area contributed by atoms with Gasteiger partial charge in [0.2, 0.25) is 0 Å². The summed E-state index contributed by atoms with van der Waals surface area (Å²) in [5, 5.41) is 5.91. The van der Waals surface area contributed by atoms with Crippen LogP contribution in [0.2, 0.25) is 0 Å². The van der Waals surface area contributed by atoms with Gasteiger partial charge in [0.05, 0.1) is 0 Å². The maximum atomic E-state index is 11.6. The molecule has 1 aromatic rings. The molecule has 15 heavy (non-hydrogen) atoms. The predicted octanol–water partition coefficient (Wildman–Crippen LogP) is -0.992. The molecule has 1 amide bonds. The van der Waals surface area contributed by atoms with Crippen LogP contribution < -0.4 is 16.4 Å². The summed E-state index contributed by atoms with van der Waals surface area (Å²) in [6, 6.07) is 0. The van der Waals surface area contributed by atoms with Crippen LogP contribution in [0.1, 0.15) is 10.5 Å². The SMILES string of the molecule is Nc1nccnc1C(=O)NCC1CNC1. The largest absolute Gasteiger partial charge is 0.382 e. The van der Waals surface area contributed by atoms with Crippen molar-refractivity contribution in [3.63, 3.8) is 0 Å². The summed E-state index contributed by atoms with van der Waals surface area (Å²) in [4.78, 5) is 19.3. The number of amides is 1. The molecule has 2 heterocycles. The van der Waals surface area contributed by atoms with Crippen molar-refractivity contribution in [1.82, 2.24) is 20.6 Å². The summed E-state index contributed by atoms with van der Waals surface area (Å²) in [5.41, 5.74) is 5.73. The molecule has 80 valence electrons. The molecular weight excluding hydrogens is 194 g/mol. The van der Waals surface area contributed by atoms with Gasteiger partial charge in [-0.1, -0.05) is 0 Å². The van der Waals surface area contributed by atoms with Gasteiger partial charge in [-0.3, -0.25) is 4.79 Å². The normalized spacial score (nSPS) is 15.7. The van der Waals surface area contributed by atoms with Crippen molar-refractivity contribution in [1.29, 1.82) is 0 Å². The smallest absolute Gasteiger partial charge is 0.273 e. The fourth-order valence-electron chi connectivity index (χ4n) is 1.34. The lowest BCUT2D eigenvalue weighted by Gasteiger charge is -2.26. The molecule has 0 bridgehead atoms. The maximum absolute atomic E-state index is 11.6. The number of carbonyl (C=O) groups excluding carboxylic acids is 1. The van der Waals surface area contributed by atoms with Crippen LogP contribution in [0.3, 0.4) is 0 Å². The molecule has 1 aliphatic heterocycles. The zero-order valence-electron chi connectivity index (χ0n) is 8.23. The van der Waals surface area contributed by atoms with Crippen molar-refractivity contribution in [3.05, 3.63) is 18.1 Å². The van der Waals surface area contributed by atoms with E-state index in [4.69, 9.17) is 5.73 Å². The number of carbonyl (C=O) groups is 1. The minimum atomic E-state index is -0.257. The third-order valence-corrected chi connectivity index (χ3v) is 2.36. The Morgan fingerprint density at radius 2 is 2.27 bits per heavy atom. The van der Waals surface area contributed by atoms with Crippen molar-refractivity contribution in [2.24, 2.45) is 5.92 Å². The van der Waals surface area contributed by atoms with Gasteiger partial charge in [0.25, 0.3) is 5.91 Å². The maximum Gasteiger partial charge on any atom is 0.273 e. The highest BCUT2D eigenvalue weighted by molar-refractivity contribution is 5.96. The average Bonchev–Trinajstić information content (AvgIpc) is 2.16. The fraction of sp³-hybridized carbons (Fsp3) is 0.444. The summed E-state index contributed by atoms with van der Waals surface area (Å²) < 4.78 is 0. The number of rotatable bonds is 3. The molecule has 0 radical (unpaired) electrons. The van der Waals surface area contributed by atoms with Gasteiger partial charge >= 0.3 is 0 Å². The van der Waals surface area contributed by atoms with Crippen molar-refractivity contribution in [3.8, 4) is 0 Å². The molecule has 1 saturated heterocycles. The molecule has 1 aliphatic rings. The molecule has 6 nitrogen and oxygen atoms in total. The van der Waals surface area contributed by atoms with Crippen molar-refractivity contribution >= 4 is 11.7 Å². The second kappa shape index (κ2) is 4.22. The number of nitrogens with zero attached hydrogens (tertiary/aromatic N) is 2. The number of nitrogens with two attached hydrogens (primary N) is 1. The van der Waals surface area contributed by atoms with Crippen LogP contribution in [-0.4, -0.2) is 35.5 Å². The molecule has 0 saturated carbocycles. The Labute approximate surface area is 87.3 Å². The van der Waals surface area contributed by atoms with Gasteiger partial charge in [0, 0.05) is 37.9 Å². The van der Waals surface area contributed by atoms with E-state index >= 15 is 0 Å². The Balaban J connectivity index is 1.92. The lowest BCUT2D eigenvalue weighted by atomic mass is 10.0. The van der Waals surface area contributed by atoms with Crippen LogP contribution in [-0.2, 0) is 0 Å². The zero-order valence-corrected chi connectivity index (χ0v) is 8.23. The molecule has 0 atom stereocenters. The molecule has 6 heteroatoms. The predicted molar refractivity (Wildman–Crippen MR) is 55.1 cm³/mol. The van der Waals surface area contributed by atoms with Crippen LogP contribution in [0, 0.1) is 5.92 Å². The molecule has 0 aliphatic carbocycles. The van der Waals surface area contributed by atoms with Crippen LogP contribution in [0.5, 0.6) is 0 Å². The molecular formula is C9H13N5O. The Morgan fingerprint density at radius 1 is 1.53 bits per heavy atom. The van der Waals surface area contributed by atoms with Crippen molar-refractivity contribution in [2.75, 3.05) is 25.4 Å². The number of aromatic nitrogens is 2. The van der Waals surface area contributed by atoms with Crippen LogP contribution >= 0.6 is 0 Å². The second-order valence-corrected chi connectivity index (χ2v) is 3.52. The van der Waals surface area contributed by atoms with E-state index in [1.165, 1.54) is 12.4 Å². The first kappa shape index (κ1) is 9.85. The fourth-order valence-corrected chi connectivity index (χ4v) is 1.34. The monoisotopic (exact) mass is 207 g/mol. The highest BCUT2D eigenvalue weighted by atomic mass is 16.1. The Hall–Kier alpha value is -1.69. The van der Waals surface area contributed by atoms with E-state index in [0.717, 1.165) is 13.1 Å². The standard InChI is InChI=1S/C9H13N5O/c10-8-7(12-1-2-13-8)9(15)14-5-6-3-11-4-6/h1-2,6,11H,3-5H2,(H2,10,13)(H,14,15). The number of nitrogen functional groups attached to an aromatic ring is 1. The van der Waals surface area contributed by atoms with Crippen LogP contribution in [0.25, 0.3) is 0 Å². The van der Waals surface area contributed by atoms with Gasteiger partial charge in [0.1, 0.15) is 0 Å². The molecule has 2 rings (SSSR count). The van der Waals surface area contributed by atoms with Gasteiger partial charge in [-0.2, -0.15) is 0 Å². The third kappa shape index (κ3) is 2.21. The first-order chi connectivity index (χ1) is 7.27. The van der Waals surface area contributed by atoms with Gasteiger partial charge in [0.15, 0.2) is 11.5 Å². The average molecular weight is 207 g/mol. The first-order valence-corrected chi connectivity index (χ1v) is 4.83. The minimum Gasteiger partial charge on any atom is -0.382 e. The molecule has 0 spiro atoms. The highest BCUT2D eigenvalue weighted by Crippen LogP contribution is 2.04. The number of nitrogens with one attached hydrogen (secondary N) is 2. The molecule has 0 aromatic carbocycles. The summed E-state index contributed by atoms with van der Waals surface area (Å²) in [5.74, 6) is 0.432. The van der Waals surface area contributed by atoms with Crippen molar-refractivity contribution in [2.45, 2.75) is 0 Å². The van der Waals surface area contributed by atoms with Crippen LogP contribution in [0.4, 0.5) is 5.82 Å². The van der Waals surface area contributed by atoms with E-state index in [9.17, 15) is 4.79 Å². The number of anilines is 1. The molecule has 4 N–H and O–H groups in total. The Kier molecular flexibility index (Phi) is 2.77. The lowest BCUT2D eigenvalue weighted by Crippen LogP contribution is -2.48. The van der Waals surface area contributed by atoms with E-state index in [-0.39, 0.29) is 17.4 Å². The summed E-state index contributed by atoms with van der Waals surface area (Å²) >= 11 is 0.